The lowest BCUT2D eigenvalue weighted by molar-refractivity contribution is 0.262. The molecule has 5 aromatic rings. The second kappa shape index (κ2) is 10.5. The third-order valence-corrected chi connectivity index (χ3v) is 6.30. The minimum atomic E-state index is -1.04. The average Bonchev–Trinajstić information content (AvgIpc) is 3.26. The number of rotatable bonds is 6. The number of urea groups is 1. The van der Waals surface area contributed by atoms with Crippen LogP contribution in [-0.4, -0.2) is 20.6 Å². The van der Waals surface area contributed by atoms with Crippen LogP contribution < -0.4 is 16.0 Å². The Morgan fingerprint density at radius 2 is 1.73 bits per heavy atom. The molecular formula is C26H18BrClF2N6O. The minimum absolute atomic E-state index is 0.135. The Bertz CT molecular complexity index is 1630. The number of nitrogens with one attached hydrogen (secondary N) is 3. The maximum Gasteiger partial charge on any atom is 0.323 e. The number of carbonyl (C=O) groups excluding carboxylic acids is 1. The van der Waals surface area contributed by atoms with Crippen LogP contribution in [0.2, 0.25) is 5.02 Å². The summed E-state index contributed by atoms with van der Waals surface area (Å²) in [5, 5.41) is 13.5. The number of halogens is 4. The molecule has 0 unspecified atom stereocenters. The molecule has 2 aromatic heterocycles. The molecular weight excluding hydrogens is 566 g/mol. The van der Waals surface area contributed by atoms with Crippen molar-refractivity contribution in [2.45, 2.75) is 6.54 Å². The van der Waals surface area contributed by atoms with Gasteiger partial charge in [0, 0.05) is 40.6 Å². The first kappa shape index (κ1) is 24.7. The lowest BCUT2D eigenvalue weighted by atomic mass is 10.1. The highest BCUT2D eigenvalue weighted by Gasteiger charge is 2.13. The Hall–Kier alpha value is -4.02. The minimum Gasteiger partial charge on any atom is -0.366 e. The van der Waals surface area contributed by atoms with Crippen LogP contribution >= 0.6 is 27.5 Å². The van der Waals surface area contributed by atoms with E-state index >= 15 is 0 Å². The quantitative estimate of drug-likeness (QED) is 0.195. The Morgan fingerprint density at radius 1 is 0.946 bits per heavy atom. The number of anilines is 3. The molecule has 0 radical (unpaired) electrons. The van der Waals surface area contributed by atoms with Crippen LogP contribution in [0.4, 0.5) is 30.8 Å². The van der Waals surface area contributed by atoms with Crippen molar-refractivity contribution in [1.29, 1.82) is 0 Å². The van der Waals surface area contributed by atoms with Crippen LogP contribution in [-0.2, 0) is 6.54 Å². The second-order valence-electron chi connectivity index (χ2n) is 8.00. The fourth-order valence-electron chi connectivity index (χ4n) is 3.69. The summed E-state index contributed by atoms with van der Waals surface area (Å²) in [5.41, 5.74) is 3.64. The summed E-state index contributed by atoms with van der Waals surface area (Å²) in [6.45, 7) is 0.416. The zero-order valence-corrected chi connectivity index (χ0v) is 21.3. The molecule has 186 valence electrons. The molecule has 0 aliphatic carbocycles. The maximum atomic E-state index is 13.4. The van der Waals surface area contributed by atoms with Crippen molar-refractivity contribution in [3.8, 4) is 11.3 Å². The van der Waals surface area contributed by atoms with Crippen LogP contribution in [0.15, 0.2) is 83.5 Å². The molecule has 2 amide bonds. The summed E-state index contributed by atoms with van der Waals surface area (Å²) in [6, 6.07) is 19.1. The van der Waals surface area contributed by atoms with Crippen LogP contribution in [0.5, 0.6) is 0 Å². The maximum absolute atomic E-state index is 13.4. The zero-order valence-electron chi connectivity index (χ0n) is 19.0. The van der Waals surface area contributed by atoms with E-state index in [4.69, 9.17) is 16.6 Å². The third kappa shape index (κ3) is 5.55. The molecule has 0 bridgehead atoms. The highest BCUT2D eigenvalue weighted by atomic mass is 79.9. The fraction of sp³-hybridized carbons (Fsp3) is 0.0385. The van der Waals surface area contributed by atoms with Gasteiger partial charge in [-0.2, -0.15) is 9.61 Å². The van der Waals surface area contributed by atoms with Crippen molar-refractivity contribution in [2.75, 3.05) is 16.0 Å². The predicted molar refractivity (Wildman–Crippen MR) is 144 cm³/mol. The number of carbonyl (C=O) groups is 1. The summed E-state index contributed by atoms with van der Waals surface area (Å²) in [7, 11) is 0. The molecule has 0 fully saturated rings. The van der Waals surface area contributed by atoms with Gasteiger partial charge in [-0.1, -0.05) is 41.9 Å². The van der Waals surface area contributed by atoms with Gasteiger partial charge in [0.15, 0.2) is 17.3 Å². The van der Waals surface area contributed by atoms with Gasteiger partial charge in [0.25, 0.3) is 0 Å². The van der Waals surface area contributed by atoms with E-state index in [2.05, 4.69) is 37.0 Å². The van der Waals surface area contributed by atoms with Crippen molar-refractivity contribution in [2.24, 2.45) is 0 Å². The molecule has 3 aromatic carbocycles. The molecule has 0 aliphatic heterocycles. The van der Waals surface area contributed by atoms with Gasteiger partial charge in [0.05, 0.1) is 16.4 Å². The summed E-state index contributed by atoms with van der Waals surface area (Å²) in [5.74, 6) is -1.34. The lowest BCUT2D eigenvalue weighted by Crippen LogP contribution is -2.19. The van der Waals surface area contributed by atoms with Gasteiger partial charge in [0.1, 0.15) is 5.82 Å². The number of benzene rings is 3. The number of nitrogens with zero attached hydrogens (tertiary/aromatic N) is 3. The van der Waals surface area contributed by atoms with E-state index in [-0.39, 0.29) is 5.69 Å². The average molecular weight is 584 g/mol. The fourth-order valence-corrected chi connectivity index (χ4v) is 4.27. The van der Waals surface area contributed by atoms with E-state index in [1.54, 1.807) is 28.9 Å². The number of hydrogen-bond acceptors (Lipinski definition) is 4. The van der Waals surface area contributed by atoms with E-state index in [0.29, 0.717) is 34.4 Å². The molecule has 0 saturated carbocycles. The Morgan fingerprint density at radius 3 is 2.51 bits per heavy atom. The Balaban J connectivity index is 1.33. The first-order chi connectivity index (χ1) is 17.9. The second-order valence-corrected chi connectivity index (χ2v) is 9.26. The normalized spacial score (nSPS) is 10.9. The molecule has 2 heterocycles. The SMILES string of the molecule is O=C(Nc1cccc(CNc2cc(-c3ccccc3Cl)nc3c(Br)cnn23)c1)Nc1ccc(F)c(F)c1. The standard InChI is InChI=1S/C26H18BrClF2N6O/c27-19-14-32-36-24(12-23(35-25(19)36)18-6-1-2-7-20(18)28)31-13-15-4-3-5-16(10-15)33-26(37)34-17-8-9-21(29)22(30)11-17/h1-12,14,31H,13H2,(H2,33,34,37). The lowest BCUT2D eigenvalue weighted by Gasteiger charge is -2.13. The third-order valence-electron chi connectivity index (χ3n) is 5.41. The largest absolute Gasteiger partial charge is 0.366 e. The van der Waals surface area contributed by atoms with Gasteiger partial charge in [-0.15, -0.1) is 0 Å². The molecule has 11 heteroatoms. The summed E-state index contributed by atoms with van der Waals surface area (Å²) in [4.78, 5) is 17.0. The van der Waals surface area contributed by atoms with Gasteiger partial charge < -0.3 is 16.0 Å². The number of amides is 2. The monoisotopic (exact) mass is 582 g/mol. The van der Waals surface area contributed by atoms with E-state index in [0.717, 1.165) is 27.7 Å². The van der Waals surface area contributed by atoms with Crippen molar-refractivity contribution in [3.05, 3.63) is 106 Å². The van der Waals surface area contributed by atoms with Crippen LogP contribution in [0, 0.1) is 11.6 Å². The predicted octanol–water partition coefficient (Wildman–Crippen LogP) is 7.35. The molecule has 0 atom stereocenters. The van der Waals surface area contributed by atoms with Crippen molar-refractivity contribution >= 4 is 56.4 Å². The Labute approximate surface area is 223 Å². The highest BCUT2D eigenvalue weighted by Crippen LogP contribution is 2.30. The van der Waals surface area contributed by atoms with Gasteiger partial charge in [-0.25, -0.2) is 18.6 Å². The topological polar surface area (TPSA) is 83.3 Å². The zero-order chi connectivity index (χ0) is 25.9. The summed E-state index contributed by atoms with van der Waals surface area (Å²) < 4.78 is 28.9. The van der Waals surface area contributed by atoms with Gasteiger partial charge >= 0.3 is 6.03 Å². The van der Waals surface area contributed by atoms with Crippen molar-refractivity contribution < 1.29 is 13.6 Å². The smallest absolute Gasteiger partial charge is 0.323 e. The highest BCUT2D eigenvalue weighted by molar-refractivity contribution is 9.10. The van der Waals surface area contributed by atoms with E-state index in [1.165, 1.54) is 6.07 Å². The molecule has 0 saturated heterocycles. The number of hydrogen-bond donors (Lipinski definition) is 3. The molecule has 7 nitrogen and oxygen atoms in total. The van der Waals surface area contributed by atoms with Gasteiger partial charge in [-0.3, -0.25) is 0 Å². The van der Waals surface area contributed by atoms with Crippen molar-refractivity contribution in [3.63, 3.8) is 0 Å². The van der Waals surface area contributed by atoms with Crippen LogP contribution in [0.1, 0.15) is 5.56 Å². The summed E-state index contributed by atoms with van der Waals surface area (Å²) in [6.07, 6.45) is 1.67. The first-order valence-electron chi connectivity index (χ1n) is 11.0. The Kier molecular flexibility index (Phi) is 7.02. The molecule has 3 N–H and O–H groups in total. The van der Waals surface area contributed by atoms with Crippen molar-refractivity contribution in [1.82, 2.24) is 14.6 Å². The first-order valence-corrected chi connectivity index (χ1v) is 12.2. The number of aromatic nitrogens is 3. The number of fused-ring (bicyclic) bond motifs is 1. The van der Waals surface area contributed by atoms with Gasteiger partial charge in [0.2, 0.25) is 0 Å². The summed E-state index contributed by atoms with van der Waals surface area (Å²) >= 11 is 9.90. The van der Waals surface area contributed by atoms with Crippen LogP contribution in [0.25, 0.3) is 16.9 Å². The molecule has 5 rings (SSSR count). The molecule has 37 heavy (non-hydrogen) atoms. The van der Waals surface area contributed by atoms with E-state index < -0.39 is 17.7 Å². The van der Waals surface area contributed by atoms with Gasteiger partial charge in [-0.05, 0) is 51.8 Å². The molecule has 0 spiro atoms. The van der Waals surface area contributed by atoms with Crippen LogP contribution in [0.3, 0.4) is 0 Å². The van der Waals surface area contributed by atoms with E-state index in [1.807, 2.05) is 36.4 Å². The molecule has 0 aliphatic rings. The van der Waals surface area contributed by atoms with E-state index in [9.17, 15) is 13.6 Å².